The first kappa shape index (κ1) is 6.96. The van der Waals surface area contributed by atoms with Gasteiger partial charge < -0.3 is 4.84 Å². The molecule has 3 heteroatoms. The molecular weight excluding hydrogens is 121 g/mol. The van der Waals surface area contributed by atoms with E-state index in [0.717, 1.165) is 13.0 Å². The summed E-state index contributed by atoms with van der Waals surface area (Å²) >= 11 is 0. The molecule has 1 fully saturated rings. The molecule has 0 aromatic heterocycles. The Hall–Kier alpha value is -0.150. The lowest BCUT2D eigenvalue weighted by Crippen LogP contribution is -2.35. The van der Waals surface area contributed by atoms with Crippen molar-refractivity contribution in [3.05, 3.63) is 0 Å². The van der Waals surface area contributed by atoms with E-state index < -0.39 is 6.17 Å². The molecule has 1 saturated heterocycles. The first-order valence-corrected chi connectivity index (χ1v) is 3.26. The number of halogens is 1. The van der Waals surface area contributed by atoms with Gasteiger partial charge in [-0.3, -0.25) is 0 Å². The summed E-state index contributed by atoms with van der Waals surface area (Å²) in [6.45, 7) is 1.31. The summed E-state index contributed by atoms with van der Waals surface area (Å²) in [6.07, 6.45) is 0.924. The van der Waals surface area contributed by atoms with Crippen LogP contribution in [0.3, 0.4) is 0 Å². The smallest absolute Gasteiger partial charge is 0.115 e. The number of hydroxylamine groups is 2. The number of alkyl halides is 1. The van der Waals surface area contributed by atoms with E-state index in [4.69, 9.17) is 4.84 Å². The van der Waals surface area contributed by atoms with Crippen molar-refractivity contribution in [2.75, 3.05) is 20.2 Å². The van der Waals surface area contributed by atoms with Gasteiger partial charge in [0.25, 0.3) is 0 Å². The maximum atomic E-state index is 12.5. The zero-order valence-corrected chi connectivity index (χ0v) is 5.64. The van der Waals surface area contributed by atoms with Crippen LogP contribution in [0.4, 0.5) is 4.39 Å². The Morgan fingerprint density at radius 3 is 2.89 bits per heavy atom. The Bertz CT molecular complexity index is 89.1. The Labute approximate surface area is 54.6 Å². The molecule has 0 spiro atoms. The quantitative estimate of drug-likeness (QED) is 0.528. The lowest BCUT2D eigenvalue weighted by molar-refractivity contribution is -0.154. The van der Waals surface area contributed by atoms with E-state index in [-0.39, 0.29) is 0 Å². The fourth-order valence-electron chi connectivity index (χ4n) is 1.06. The molecule has 1 rings (SSSR count). The van der Waals surface area contributed by atoms with Gasteiger partial charge in [0.2, 0.25) is 0 Å². The Morgan fingerprint density at radius 2 is 2.44 bits per heavy atom. The van der Waals surface area contributed by atoms with E-state index in [1.807, 2.05) is 0 Å². The Morgan fingerprint density at radius 1 is 1.67 bits per heavy atom. The van der Waals surface area contributed by atoms with Crippen molar-refractivity contribution in [1.82, 2.24) is 5.06 Å². The molecule has 1 atom stereocenters. The van der Waals surface area contributed by atoms with Gasteiger partial charge in [0.15, 0.2) is 0 Å². The predicted molar refractivity (Wildman–Crippen MR) is 32.7 cm³/mol. The highest BCUT2D eigenvalue weighted by atomic mass is 19.1. The van der Waals surface area contributed by atoms with Gasteiger partial charge in [-0.1, -0.05) is 0 Å². The van der Waals surface area contributed by atoms with Gasteiger partial charge in [-0.05, 0) is 12.8 Å². The molecule has 0 N–H and O–H groups in total. The highest BCUT2D eigenvalue weighted by Gasteiger charge is 2.17. The molecule has 0 aromatic rings. The van der Waals surface area contributed by atoms with Crippen molar-refractivity contribution >= 4 is 0 Å². The van der Waals surface area contributed by atoms with Crippen LogP contribution < -0.4 is 0 Å². The summed E-state index contributed by atoms with van der Waals surface area (Å²) in [5.74, 6) is 0. The summed E-state index contributed by atoms with van der Waals surface area (Å²) in [5.41, 5.74) is 0. The SMILES string of the molecule is CON1CCCC(F)C1. The van der Waals surface area contributed by atoms with Crippen molar-refractivity contribution in [3.63, 3.8) is 0 Å². The summed E-state index contributed by atoms with van der Waals surface area (Å²) < 4.78 is 12.5. The van der Waals surface area contributed by atoms with E-state index in [1.165, 1.54) is 0 Å². The minimum atomic E-state index is -0.682. The third-order valence-corrected chi connectivity index (χ3v) is 1.58. The van der Waals surface area contributed by atoms with Gasteiger partial charge in [0.05, 0.1) is 13.7 Å². The highest BCUT2D eigenvalue weighted by molar-refractivity contribution is 4.66. The Kier molecular flexibility index (Phi) is 2.42. The second-order valence-corrected chi connectivity index (χ2v) is 2.31. The molecule has 0 amide bonds. The lowest BCUT2D eigenvalue weighted by atomic mass is 10.1. The minimum Gasteiger partial charge on any atom is -0.302 e. The van der Waals surface area contributed by atoms with Gasteiger partial charge in [0, 0.05) is 6.54 Å². The number of hydrogen-bond acceptors (Lipinski definition) is 2. The monoisotopic (exact) mass is 133 g/mol. The molecule has 2 nitrogen and oxygen atoms in total. The van der Waals surface area contributed by atoms with Crippen LogP contribution in [0, 0.1) is 0 Å². The first-order valence-electron chi connectivity index (χ1n) is 3.26. The normalized spacial score (nSPS) is 30.7. The summed E-state index contributed by atoms with van der Waals surface area (Å²) in [4.78, 5) is 4.85. The molecular formula is C6H12FNO. The zero-order valence-electron chi connectivity index (χ0n) is 5.64. The van der Waals surface area contributed by atoms with Crippen LogP contribution in [0.1, 0.15) is 12.8 Å². The molecule has 0 bridgehead atoms. The first-order chi connectivity index (χ1) is 4.33. The topological polar surface area (TPSA) is 12.5 Å². The van der Waals surface area contributed by atoms with Crippen molar-refractivity contribution < 1.29 is 9.23 Å². The van der Waals surface area contributed by atoms with Gasteiger partial charge in [-0.2, -0.15) is 5.06 Å². The largest absolute Gasteiger partial charge is 0.302 e. The minimum absolute atomic E-state index is 0.441. The lowest BCUT2D eigenvalue weighted by Gasteiger charge is -2.26. The van der Waals surface area contributed by atoms with Gasteiger partial charge in [-0.25, -0.2) is 4.39 Å². The van der Waals surface area contributed by atoms with E-state index in [2.05, 4.69) is 0 Å². The summed E-state index contributed by atoms with van der Waals surface area (Å²) in [6, 6.07) is 0. The number of hydrogen-bond donors (Lipinski definition) is 0. The van der Waals surface area contributed by atoms with Crippen LogP contribution in [0.15, 0.2) is 0 Å². The van der Waals surface area contributed by atoms with E-state index >= 15 is 0 Å². The van der Waals surface area contributed by atoms with Crippen LogP contribution in [0.2, 0.25) is 0 Å². The maximum Gasteiger partial charge on any atom is 0.115 e. The van der Waals surface area contributed by atoms with E-state index in [9.17, 15) is 4.39 Å². The predicted octanol–water partition coefficient (Wildman–Crippen LogP) is 0.982. The second kappa shape index (κ2) is 3.13. The van der Waals surface area contributed by atoms with Crippen LogP contribution >= 0.6 is 0 Å². The highest BCUT2D eigenvalue weighted by Crippen LogP contribution is 2.11. The second-order valence-electron chi connectivity index (χ2n) is 2.31. The van der Waals surface area contributed by atoms with Crippen molar-refractivity contribution in [2.45, 2.75) is 19.0 Å². The summed E-state index contributed by atoms with van der Waals surface area (Å²) in [7, 11) is 1.58. The third-order valence-electron chi connectivity index (χ3n) is 1.58. The molecule has 0 aliphatic carbocycles. The van der Waals surface area contributed by atoms with Gasteiger partial charge in [-0.15, -0.1) is 0 Å². The Balaban J connectivity index is 2.23. The fourth-order valence-corrected chi connectivity index (χ4v) is 1.06. The van der Waals surface area contributed by atoms with Crippen LogP contribution in [0.5, 0.6) is 0 Å². The molecule has 1 unspecified atom stereocenters. The van der Waals surface area contributed by atoms with Gasteiger partial charge >= 0.3 is 0 Å². The van der Waals surface area contributed by atoms with Gasteiger partial charge in [0.1, 0.15) is 6.17 Å². The molecule has 9 heavy (non-hydrogen) atoms. The van der Waals surface area contributed by atoms with E-state index in [1.54, 1.807) is 12.2 Å². The summed E-state index contributed by atoms with van der Waals surface area (Å²) in [5, 5.41) is 1.66. The fraction of sp³-hybridized carbons (Fsp3) is 1.00. The third kappa shape index (κ3) is 1.91. The van der Waals surface area contributed by atoms with Crippen molar-refractivity contribution in [2.24, 2.45) is 0 Å². The van der Waals surface area contributed by atoms with Crippen LogP contribution in [-0.4, -0.2) is 31.4 Å². The standard InChI is InChI=1S/C6H12FNO/c1-9-8-4-2-3-6(7)5-8/h6H,2-5H2,1H3. The number of nitrogens with zero attached hydrogens (tertiary/aromatic N) is 1. The molecule has 1 heterocycles. The molecule has 0 radical (unpaired) electrons. The molecule has 1 aliphatic heterocycles. The average Bonchev–Trinajstić information content (AvgIpc) is 1.88. The molecule has 0 saturated carbocycles. The number of rotatable bonds is 1. The molecule has 1 aliphatic rings. The zero-order chi connectivity index (χ0) is 6.69. The van der Waals surface area contributed by atoms with Crippen LogP contribution in [-0.2, 0) is 4.84 Å². The molecule has 54 valence electrons. The average molecular weight is 133 g/mol. The van der Waals surface area contributed by atoms with Crippen molar-refractivity contribution in [1.29, 1.82) is 0 Å². The molecule has 0 aromatic carbocycles. The maximum absolute atomic E-state index is 12.5. The van der Waals surface area contributed by atoms with Crippen LogP contribution in [0.25, 0.3) is 0 Å². The van der Waals surface area contributed by atoms with E-state index in [0.29, 0.717) is 13.0 Å². The van der Waals surface area contributed by atoms with Crippen molar-refractivity contribution in [3.8, 4) is 0 Å². The number of piperidine rings is 1.